The summed E-state index contributed by atoms with van der Waals surface area (Å²) in [5.41, 5.74) is 1.93. The Balaban J connectivity index is 1.99. The van der Waals surface area contributed by atoms with Gasteiger partial charge in [0.1, 0.15) is 5.75 Å². The van der Waals surface area contributed by atoms with Gasteiger partial charge in [-0.1, -0.05) is 0 Å². The molecule has 0 spiro atoms. The van der Waals surface area contributed by atoms with Crippen molar-refractivity contribution in [1.82, 2.24) is 10.3 Å². The van der Waals surface area contributed by atoms with E-state index in [-0.39, 0.29) is 25.2 Å². The van der Waals surface area contributed by atoms with E-state index in [1.165, 1.54) is 6.92 Å². The molecule has 0 aliphatic rings. The topological polar surface area (TPSA) is 108 Å². The molecule has 0 atom stereocenters. The van der Waals surface area contributed by atoms with Crippen molar-refractivity contribution in [3.8, 4) is 5.75 Å². The number of fused-ring (bicyclic) bond motifs is 1. The van der Waals surface area contributed by atoms with Gasteiger partial charge in [-0.15, -0.1) is 0 Å². The molecule has 0 unspecified atom stereocenters. The van der Waals surface area contributed by atoms with Gasteiger partial charge in [0.2, 0.25) is 5.91 Å². The lowest BCUT2D eigenvalue weighted by Crippen LogP contribution is -2.22. The summed E-state index contributed by atoms with van der Waals surface area (Å²) in [6.07, 6.45) is 2.79. The van der Waals surface area contributed by atoms with Crippen LogP contribution in [0.25, 0.3) is 10.9 Å². The number of carboxylic acid groups (broad SMARTS) is 1. The third kappa shape index (κ3) is 5.12. The molecule has 0 fully saturated rings. The largest absolute Gasteiger partial charge is 0.481 e. The van der Waals surface area contributed by atoms with E-state index in [0.717, 1.165) is 16.5 Å². The number of hydrogen-bond acceptors (Lipinski definition) is 4. The number of amides is 1. The van der Waals surface area contributed by atoms with E-state index in [9.17, 15) is 14.4 Å². The van der Waals surface area contributed by atoms with Crippen LogP contribution in [0.1, 0.15) is 31.7 Å². The molecule has 0 bridgehead atoms. The SMILES string of the molecule is CC(=O)NCCc1c[nH]c2ccc(OC(=O)CCCC(=O)O)cc12. The maximum atomic E-state index is 11.7. The quantitative estimate of drug-likeness (QED) is 0.506. The molecule has 1 aromatic carbocycles. The number of hydrogen-bond donors (Lipinski definition) is 3. The fraction of sp³-hybridized carbons (Fsp3) is 0.353. The van der Waals surface area contributed by atoms with Crippen LogP contribution in [0, 0.1) is 0 Å². The van der Waals surface area contributed by atoms with Gasteiger partial charge in [-0.2, -0.15) is 0 Å². The molecule has 0 radical (unpaired) electrons. The summed E-state index contributed by atoms with van der Waals surface area (Å²) in [6.45, 7) is 2.00. The summed E-state index contributed by atoms with van der Waals surface area (Å²) in [6, 6.07) is 5.27. The van der Waals surface area contributed by atoms with Gasteiger partial charge >= 0.3 is 11.9 Å². The van der Waals surface area contributed by atoms with Gasteiger partial charge in [-0.05, 0) is 36.6 Å². The Morgan fingerprint density at radius 3 is 2.75 bits per heavy atom. The molecule has 0 saturated carbocycles. The second-order valence-corrected chi connectivity index (χ2v) is 5.48. The van der Waals surface area contributed by atoms with E-state index in [1.54, 1.807) is 12.1 Å². The van der Waals surface area contributed by atoms with Gasteiger partial charge in [0, 0.05) is 43.4 Å². The lowest BCUT2D eigenvalue weighted by atomic mass is 10.1. The summed E-state index contributed by atoms with van der Waals surface area (Å²) >= 11 is 0. The molecule has 0 saturated heterocycles. The number of aromatic amines is 1. The highest BCUT2D eigenvalue weighted by molar-refractivity contribution is 5.85. The Morgan fingerprint density at radius 2 is 2.04 bits per heavy atom. The molecule has 3 N–H and O–H groups in total. The number of ether oxygens (including phenoxy) is 1. The molecule has 24 heavy (non-hydrogen) atoms. The van der Waals surface area contributed by atoms with Crippen LogP contribution >= 0.6 is 0 Å². The lowest BCUT2D eigenvalue weighted by molar-refractivity contribution is -0.137. The summed E-state index contributed by atoms with van der Waals surface area (Å²) in [7, 11) is 0. The molecule has 128 valence electrons. The van der Waals surface area contributed by atoms with E-state index in [0.29, 0.717) is 18.7 Å². The van der Waals surface area contributed by atoms with E-state index < -0.39 is 11.9 Å². The van der Waals surface area contributed by atoms with Crippen LogP contribution in [0.5, 0.6) is 5.75 Å². The molecule has 7 heteroatoms. The Hall–Kier alpha value is -2.83. The molecule has 0 aliphatic heterocycles. The van der Waals surface area contributed by atoms with Crippen molar-refractivity contribution >= 4 is 28.7 Å². The first-order valence-corrected chi connectivity index (χ1v) is 7.72. The summed E-state index contributed by atoms with van der Waals surface area (Å²) < 4.78 is 5.26. The number of aliphatic carboxylic acids is 1. The zero-order valence-corrected chi connectivity index (χ0v) is 13.4. The fourth-order valence-electron chi connectivity index (χ4n) is 2.37. The predicted octanol–water partition coefficient (Wildman–Crippen LogP) is 2.01. The zero-order chi connectivity index (χ0) is 17.5. The van der Waals surface area contributed by atoms with Gasteiger partial charge in [-0.3, -0.25) is 14.4 Å². The summed E-state index contributed by atoms with van der Waals surface area (Å²) in [5.74, 6) is -1.04. The number of nitrogens with one attached hydrogen (secondary N) is 2. The highest BCUT2D eigenvalue weighted by Gasteiger charge is 2.09. The van der Waals surface area contributed by atoms with E-state index >= 15 is 0 Å². The van der Waals surface area contributed by atoms with Gasteiger partial charge in [0.15, 0.2) is 0 Å². The summed E-state index contributed by atoms with van der Waals surface area (Å²) in [4.78, 5) is 36.2. The molecule has 7 nitrogen and oxygen atoms in total. The molecule has 0 aliphatic carbocycles. The minimum absolute atomic E-state index is 0.0563. The highest BCUT2D eigenvalue weighted by Crippen LogP contribution is 2.24. The molecule has 2 rings (SSSR count). The van der Waals surface area contributed by atoms with Crippen molar-refractivity contribution in [1.29, 1.82) is 0 Å². The standard InChI is InChI=1S/C17H20N2O5/c1-11(20)18-8-7-12-10-19-15-6-5-13(9-14(12)15)24-17(23)4-2-3-16(21)22/h5-6,9-10,19H,2-4,7-8H2,1H3,(H,18,20)(H,21,22). The Morgan fingerprint density at radius 1 is 1.25 bits per heavy atom. The maximum absolute atomic E-state index is 11.7. The van der Waals surface area contributed by atoms with Crippen molar-refractivity contribution in [3.63, 3.8) is 0 Å². The molecule has 1 amide bonds. The van der Waals surface area contributed by atoms with Crippen LogP contribution in [0.3, 0.4) is 0 Å². The Bertz CT molecular complexity index is 751. The Labute approximate surface area is 139 Å². The van der Waals surface area contributed by atoms with Gasteiger partial charge in [-0.25, -0.2) is 0 Å². The normalized spacial score (nSPS) is 10.5. The maximum Gasteiger partial charge on any atom is 0.311 e. The first-order chi connectivity index (χ1) is 11.5. The first-order valence-electron chi connectivity index (χ1n) is 7.72. The average molecular weight is 332 g/mol. The first kappa shape index (κ1) is 17.5. The van der Waals surface area contributed by atoms with E-state index in [1.807, 2.05) is 12.3 Å². The molecule has 2 aromatic rings. The highest BCUT2D eigenvalue weighted by atomic mass is 16.5. The predicted molar refractivity (Wildman–Crippen MR) is 87.8 cm³/mol. The third-order valence-electron chi connectivity index (χ3n) is 3.51. The lowest BCUT2D eigenvalue weighted by Gasteiger charge is -2.05. The average Bonchev–Trinajstić information content (AvgIpc) is 2.89. The van der Waals surface area contributed by atoms with Crippen molar-refractivity contribution in [2.24, 2.45) is 0 Å². The molecule has 1 aromatic heterocycles. The van der Waals surface area contributed by atoms with Crippen LogP contribution in [0.2, 0.25) is 0 Å². The zero-order valence-electron chi connectivity index (χ0n) is 13.4. The van der Waals surface area contributed by atoms with Gasteiger partial charge in [0.05, 0.1) is 0 Å². The summed E-state index contributed by atoms with van der Waals surface area (Å²) in [5, 5.41) is 12.2. The number of rotatable bonds is 8. The van der Waals surface area contributed by atoms with Gasteiger partial charge < -0.3 is 20.1 Å². The number of esters is 1. The van der Waals surface area contributed by atoms with Crippen LogP contribution in [-0.2, 0) is 20.8 Å². The number of carboxylic acids is 1. The smallest absolute Gasteiger partial charge is 0.311 e. The number of carbonyl (C=O) groups is 3. The van der Waals surface area contributed by atoms with Crippen LogP contribution in [0.4, 0.5) is 0 Å². The second kappa shape index (κ2) is 8.14. The monoisotopic (exact) mass is 332 g/mol. The fourth-order valence-corrected chi connectivity index (χ4v) is 2.37. The number of carbonyl (C=O) groups excluding carboxylic acids is 2. The second-order valence-electron chi connectivity index (χ2n) is 5.48. The third-order valence-corrected chi connectivity index (χ3v) is 3.51. The van der Waals surface area contributed by atoms with Crippen molar-refractivity contribution in [3.05, 3.63) is 30.0 Å². The number of H-pyrrole nitrogens is 1. The van der Waals surface area contributed by atoms with E-state index in [2.05, 4.69) is 10.3 Å². The minimum Gasteiger partial charge on any atom is -0.481 e. The molecular weight excluding hydrogens is 312 g/mol. The number of benzene rings is 1. The van der Waals surface area contributed by atoms with Gasteiger partial charge in [0.25, 0.3) is 0 Å². The number of aromatic nitrogens is 1. The van der Waals surface area contributed by atoms with Crippen LogP contribution in [-0.4, -0.2) is 34.5 Å². The van der Waals surface area contributed by atoms with Crippen molar-refractivity contribution < 1.29 is 24.2 Å². The minimum atomic E-state index is -0.930. The Kier molecular flexibility index (Phi) is 5.95. The molecule has 1 heterocycles. The molecular formula is C17H20N2O5. The van der Waals surface area contributed by atoms with Crippen LogP contribution in [0.15, 0.2) is 24.4 Å². The van der Waals surface area contributed by atoms with Crippen molar-refractivity contribution in [2.75, 3.05) is 6.54 Å². The van der Waals surface area contributed by atoms with E-state index in [4.69, 9.17) is 9.84 Å². The van der Waals surface area contributed by atoms with Crippen LogP contribution < -0.4 is 10.1 Å². The van der Waals surface area contributed by atoms with Crippen molar-refractivity contribution in [2.45, 2.75) is 32.6 Å².